The van der Waals surface area contributed by atoms with Crippen molar-refractivity contribution in [2.75, 3.05) is 6.54 Å². The lowest BCUT2D eigenvalue weighted by Gasteiger charge is -2.12. The second-order valence-corrected chi connectivity index (χ2v) is 4.40. The Morgan fingerprint density at radius 1 is 1.38 bits per heavy atom. The van der Waals surface area contributed by atoms with Crippen LogP contribution in [-0.4, -0.2) is 24.8 Å². The summed E-state index contributed by atoms with van der Waals surface area (Å²) < 4.78 is 5.74. The first kappa shape index (κ1) is 11.0. The van der Waals surface area contributed by atoms with E-state index in [-0.39, 0.29) is 0 Å². The van der Waals surface area contributed by atoms with E-state index in [0.717, 1.165) is 6.54 Å². The summed E-state index contributed by atoms with van der Waals surface area (Å²) in [5.41, 5.74) is 0. The van der Waals surface area contributed by atoms with Gasteiger partial charge in [0.05, 0.1) is 12.2 Å². The summed E-state index contributed by atoms with van der Waals surface area (Å²) in [7, 11) is 0. The van der Waals surface area contributed by atoms with Crippen molar-refractivity contribution in [1.29, 1.82) is 0 Å². The van der Waals surface area contributed by atoms with Gasteiger partial charge in [-0.1, -0.05) is 13.8 Å². The Bertz CT molecular complexity index is 136. The van der Waals surface area contributed by atoms with Crippen molar-refractivity contribution < 1.29 is 4.74 Å². The van der Waals surface area contributed by atoms with Crippen LogP contribution in [0.4, 0.5) is 0 Å². The molecule has 1 saturated heterocycles. The maximum Gasteiger partial charge on any atom is 0.0580 e. The molecule has 0 radical (unpaired) electrons. The Balaban J connectivity index is 1.94. The smallest absolute Gasteiger partial charge is 0.0580 e. The van der Waals surface area contributed by atoms with Crippen molar-refractivity contribution in [3.05, 3.63) is 0 Å². The molecule has 2 unspecified atom stereocenters. The largest absolute Gasteiger partial charge is 0.375 e. The maximum atomic E-state index is 5.74. The normalized spacial score (nSPS) is 28.6. The summed E-state index contributed by atoms with van der Waals surface area (Å²) in [6.07, 6.45) is 6.04. The molecule has 78 valence electrons. The average molecular weight is 185 g/mol. The van der Waals surface area contributed by atoms with E-state index < -0.39 is 0 Å². The molecule has 0 saturated carbocycles. The number of hydrogen-bond donors (Lipinski definition) is 1. The highest BCUT2D eigenvalue weighted by molar-refractivity contribution is 4.70. The minimum atomic E-state index is 0.503. The summed E-state index contributed by atoms with van der Waals surface area (Å²) >= 11 is 0. The summed E-state index contributed by atoms with van der Waals surface area (Å²) in [4.78, 5) is 0. The molecular weight excluding hydrogens is 162 g/mol. The number of nitrogens with one attached hydrogen (secondary N) is 1. The minimum Gasteiger partial charge on any atom is -0.375 e. The molecule has 2 heteroatoms. The fourth-order valence-corrected chi connectivity index (χ4v) is 1.82. The highest BCUT2D eigenvalue weighted by Gasteiger charge is 2.20. The summed E-state index contributed by atoms with van der Waals surface area (Å²) in [5.74, 6) is 0. The zero-order valence-corrected chi connectivity index (χ0v) is 9.18. The zero-order valence-electron chi connectivity index (χ0n) is 9.18. The van der Waals surface area contributed by atoms with Crippen LogP contribution in [0.25, 0.3) is 0 Å². The summed E-state index contributed by atoms with van der Waals surface area (Å²) in [6.45, 7) is 7.68. The lowest BCUT2D eigenvalue weighted by molar-refractivity contribution is 0.0498. The number of rotatable bonds is 5. The highest BCUT2D eigenvalue weighted by Crippen LogP contribution is 2.22. The van der Waals surface area contributed by atoms with Gasteiger partial charge in [-0.2, -0.15) is 0 Å². The summed E-state index contributed by atoms with van der Waals surface area (Å²) in [5, 5.41) is 3.43. The first-order valence-electron chi connectivity index (χ1n) is 5.57. The standard InChI is InChI=1S/C11H23NO/c1-9(2)12-8-4-5-11-7-6-10(3)13-11/h9-12H,4-8H2,1-3H3. The molecule has 0 aromatic rings. The molecule has 13 heavy (non-hydrogen) atoms. The highest BCUT2D eigenvalue weighted by atomic mass is 16.5. The third kappa shape index (κ3) is 4.63. The second kappa shape index (κ2) is 5.61. The maximum absolute atomic E-state index is 5.74. The quantitative estimate of drug-likeness (QED) is 0.664. The first-order chi connectivity index (χ1) is 6.18. The molecule has 0 aromatic carbocycles. The van der Waals surface area contributed by atoms with Gasteiger partial charge in [0.25, 0.3) is 0 Å². The number of hydrogen-bond acceptors (Lipinski definition) is 2. The van der Waals surface area contributed by atoms with Gasteiger partial charge in [0.2, 0.25) is 0 Å². The Labute approximate surface area is 82.0 Å². The van der Waals surface area contributed by atoms with Crippen LogP contribution in [0.3, 0.4) is 0 Å². The third-order valence-corrected chi connectivity index (χ3v) is 2.58. The van der Waals surface area contributed by atoms with Crippen molar-refractivity contribution in [2.45, 2.75) is 64.7 Å². The molecule has 0 spiro atoms. The van der Waals surface area contributed by atoms with Crippen LogP contribution in [0.15, 0.2) is 0 Å². The zero-order chi connectivity index (χ0) is 9.68. The molecule has 1 heterocycles. The van der Waals surface area contributed by atoms with Gasteiger partial charge < -0.3 is 10.1 Å². The van der Waals surface area contributed by atoms with Crippen LogP contribution >= 0.6 is 0 Å². The molecule has 0 bridgehead atoms. The van der Waals surface area contributed by atoms with Gasteiger partial charge in [0, 0.05) is 6.04 Å². The van der Waals surface area contributed by atoms with E-state index in [1.165, 1.54) is 25.7 Å². The molecular formula is C11H23NO. The lowest BCUT2D eigenvalue weighted by Crippen LogP contribution is -2.24. The van der Waals surface area contributed by atoms with Gasteiger partial charge in [-0.25, -0.2) is 0 Å². The Morgan fingerprint density at radius 3 is 2.69 bits per heavy atom. The molecule has 1 N–H and O–H groups in total. The molecule has 2 atom stereocenters. The van der Waals surface area contributed by atoms with Crippen molar-refractivity contribution in [2.24, 2.45) is 0 Å². The minimum absolute atomic E-state index is 0.503. The fraction of sp³-hybridized carbons (Fsp3) is 1.00. The molecule has 0 aliphatic carbocycles. The van der Waals surface area contributed by atoms with Gasteiger partial charge in [-0.3, -0.25) is 0 Å². The van der Waals surface area contributed by atoms with E-state index in [4.69, 9.17) is 4.74 Å². The van der Waals surface area contributed by atoms with Crippen LogP contribution in [0.5, 0.6) is 0 Å². The molecule has 1 fully saturated rings. The number of ether oxygens (including phenoxy) is 1. The monoisotopic (exact) mass is 185 g/mol. The fourth-order valence-electron chi connectivity index (χ4n) is 1.82. The Hall–Kier alpha value is -0.0800. The summed E-state index contributed by atoms with van der Waals surface area (Å²) in [6, 6.07) is 0.614. The van der Waals surface area contributed by atoms with Gasteiger partial charge in [-0.15, -0.1) is 0 Å². The topological polar surface area (TPSA) is 21.3 Å². The SMILES string of the molecule is CC(C)NCCCC1CCC(C)O1. The van der Waals surface area contributed by atoms with Crippen molar-refractivity contribution in [3.63, 3.8) is 0 Å². The van der Waals surface area contributed by atoms with E-state index in [0.29, 0.717) is 18.2 Å². The third-order valence-electron chi connectivity index (χ3n) is 2.58. The van der Waals surface area contributed by atoms with Gasteiger partial charge in [0.1, 0.15) is 0 Å². The molecule has 1 rings (SSSR count). The van der Waals surface area contributed by atoms with Crippen LogP contribution in [0.1, 0.15) is 46.5 Å². The molecule has 0 aromatic heterocycles. The molecule has 0 amide bonds. The van der Waals surface area contributed by atoms with Crippen LogP contribution in [0, 0.1) is 0 Å². The second-order valence-electron chi connectivity index (χ2n) is 4.40. The molecule has 2 nitrogen and oxygen atoms in total. The van der Waals surface area contributed by atoms with E-state index >= 15 is 0 Å². The van der Waals surface area contributed by atoms with Crippen molar-refractivity contribution >= 4 is 0 Å². The Kier molecular flexibility index (Phi) is 4.74. The van der Waals surface area contributed by atoms with Gasteiger partial charge in [-0.05, 0) is 39.2 Å². The lowest BCUT2D eigenvalue weighted by atomic mass is 10.1. The van der Waals surface area contributed by atoms with Gasteiger partial charge in [0.15, 0.2) is 0 Å². The van der Waals surface area contributed by atoms with Crippen LogP contribution < -0.4 is 5.32 Å². The predicted octanol–water partition coefficient (Wildman–Crippen LogP) is 2.33. The molecule has 1 aliphatic heterocycles. The van der Waals surface area contributed by atoms with Crippen LogP contribution in [-0.2, 0) is 4.74 Å². The van der Waals surface area contributed by atoms with E-state index in [1.54, 1.807) is 0 Å². The van der Waals surface area contributed by atoms with Crippen molar-refractivity contribution in [1.82, 2.24) is 5.32 Å². The molecule has 1 aliphatic rings. The van der Waals surface area contributed by atoms with Gasteiger partial charge >= 0.3 is 0 Å². The predicted molar refractivity (Wildman–Crippen MR) is 55.9 cm³/mol. The van der Waals surface area contributed by atoms with Crippen LogP contribution in [0.2, 0.25) is 0 Å². The van der Waals surface area contributed by atoms with E-state index in [2.05, 4.69) is 26.1 Å². The van der Waals surface area contributed by atoms with E-state index in [9.17, 15) is 0 Å². The Morgan fingerprint density at radius 2 is 2.15 bits per heavy atom. The van der Waals surface area contributed by atoms with Crippen molar-refractivity contribution in [3.8, 4) is 0 Å². The average Bonchev–Trinajstić information content (AvgIpc) is 2.45. The first-order valence-corrected chi connectivity index (χ1v) is 5.57. The van der Waals surface area contributed by atoms with E-state index in [1.807, 2.05) is 0 Å².